The highest BCUT2D eigenvalue weighted by Gasteiger charge is 2.13. The number of amides is 1. The maximum atomic E-state index is 12.1. The van der Waals surface area contributed by atoms with Gasteiger partial charge in [0.15, 0.2) is 0 Å². The Morgan fingerprint density at radius 2 is 2.10 bits per heavy atom. The first-order chi connectivity index (χ1) is 9.72. The van der Waals surface area contributed by atoms with Crippen LogP contribution in [0, 0.1) is 6.92 Å². The van der Waals surface area contributed by atoms with Crippen molar-refractivity contribution in [1.29, 1.82) is 0 Å². The van der Waals surface area contributed by atoms with Crippen molar-refractivity contribution in [3.63, 3.8) is 0 Å². The molecule has 1 aromatic heterocycles. The minimum absolute atomic E-state index is 0. The molecule has 0 saturated heterocycles. The lowest BCUT2D eigenvalue weighted by atomic mass is 10.1. The van der Waals surface area contributed by atoms with Crippen LogP contribution in [0.4, 0.5) is 0 Å². The van der Waals surface area contributed by atoms with Crippen molar-refractivity contribution in [2.45, 2.75) is 26.6 Å². The number of aryl methyl sites for hydroxylation is 1. The fourth-order valence-electron chi connectivity index (χ4n) is 2.31. The molecule has 1 aliphatic rings. The lowest BCUT2D eigenvalue weighted by Gasteiger charge is -2.06. The van der Waals surface area contributed by atoms with Crippen molar-refractivity contribution in [1.82, 2.24) is 20.6 Å². The Labute approximate surface area is 129 Å². The molecule has 3 rings (SSSR count). The topological polar surface area (TPSA) is 66.9 Å². The Balaban J connectivity index is 0.00000161. The van der Waals surface area contributed by atoms with Crippen molar-refractivity contribution >= 4 is 18.3 Å². The van der Waals surface area contributed by atoms with Crippen molar-refractivity contribution < 1.29 is 4.79 Å². The van der Waals surface area contributed by atoms with Gasteiger partial charge in [0.2, 0.25) is 0 Å². The molecular formula is C15H17ClN4O. The van der Waals surface area contributed by atoms with Crippen LogP contribution in [0.15, 0.2) is 30.5 Å². The summed E-state index contributed by atoms with van der Waals surface area (Å²) < 4.78 is 0. The summed E-state index contributed by atoms with van der Waals surface area (Å²) in [4.78, 5) is 20.4. The van der Waals surface area contributed by atoms with E-state index in [1.807, 2.05) is 25.1 Å². The van der Waals surface area contributed by atoms with Gasteiger partial charge in [0, 0.05) is 24.8 Å². The van der Waals surface area contributed by atoms with Crippen molar-refractivity contribution in [3.05, 3.63) is 58.7 Å². The Bertz CT molecular complexity index is 660. The van der Waals surface area contributed by atoms with Crippen LogP contribution in [0.1, 0.15) is 33.0 Å². The molecule has 2 aromatic rings. The Hall–Kier alpha value is -1.98. The van der Waals surface area contributed by atoms with E-state index >= 15 is 0 Å². The highest BCUT2D eigenvalue weighted by Crippen LogP contribution is 2.17. The molecule has 1 aromatic carbocycles. The van der Waals surface area contributed by atoms with Gasteiger partial charge in [-0.25, -0.2) is 9.97 Å². The normalized spacial score (nSPS) is 12.4. The summed E-state index contributed by atoms with van der Waals surface area (Å²) in [5, 5.41) is 6.15. The van der Waals surface area contributed by atoms with Gasteiger partial charge >= 0.3 is 0 Å². The molecule has 110 valence electrons. The summed E-state index contributed by atoms with van der Waals surface area (Å²) >= 11 is 0. The largest absolute Gasteiger partial charge is 0.346 e. The molecule has 21 heavy (non-hydrogen) atoms. The summed E-state index contributed by atoms with van der Waals surface area (Å²) in [6, 6.07) is 7.64. The predicted octanol–water partition coefficient (Wildman–Crippen LogP) is 1.74. The summed E-state index contributed by atoms with van der Waals surface area (Å²) in [6.07, 6.45) is 1.70. The number of rotatable bonds is 3. The van der Waals surface area contributed by atoms with Crippen LogP contribution >= 0.6 is 12.4 Å². The van der Waals surface area contributed by atoms with Crippen LogP contribution < -0.4 is 10.6 Å². The van der Waals surface area contributed by atoms with Gasteiger partial charge in [-0.05, 0) is 36.2 Å². The number of hydrogen-bond acceptors (Lipinski definition) is 4. The van der Waals surface area contributed by atoms with E-state index in [9.17, 15) is 4.79 Å². The fourth-order valence-corrected chi connectivity index (χ4v) is 2.31. The molecule has 0 fully saturated rings. The molecule has 0 aliphatic carbocycles. The summed E-state index contributed by atoms with van der Waals surface area (Å²) in [7, 11) is 0. The number of nitrogens with zero attached hydrogens (tertiary/aromatic N) is 2. The number of carbonyl (C=O) groups excluding carboxylic acids is 1. The second-order valence-corrected chi connectivity index (χ2v) is 4.86. The number of fused-ring (bicyclic) bond motifs is 1. The van der Waals surface area contributed by atoms with Gasteiger partial charge in [0.05, 0.1) is 12.2 Å². The maximum Gasteiger partial charge on any atom is 0.251 e. The van der Waals surface area contributed by atoms with Gasteiger partial charge in [0.25, 0.3) is 5.91 Å². The number of hydrogen-bond donors (Lipinski definition) is 2. The van der Waals surface area contributed by atoms with E-state index in [0.29, 0.717) is 17.9 Å². The minimum Gasteiger partial charge on any atom is -0.346 e. The van der Waals surface area contributed by atoms with E-state index < -0.39 is 0 Å². The molecule has 5 nitrogen and oxygen atoms in total. The molecule has 0 saturated carbocycles. The second-order valence-electron chi connectivity index (χ2n) is 4.86. The molecule has 0 radical (unpaired) electrons. The molecule has 0 atom stereocenters. The molecule has 0 bridgehead atoms. The third-order valence-corrected chi connectivity index (χ3v) is 3.36. The highest BCUT2D eigenvalue weighted by molar-refractivity contribution is 5.94. The number of aromatic nitrogens is 2. The Morgan fingerprint density at radius 1 is 1.29 bits per heavy atom. The Kier molecular flexibility index (Phi) is 4.88. The molecule has 0 spiro atoms. The van der Waals surface area contributed by atoms with Gasteiger partial charge in [-0.2, -0.15) is 0 Å². The predicted molar refractivity (Wildman–Crippen MR) is 82.2 cm³/mol. The SMILES string of the molecule is Cc1nccc(CNC(=O)c2ccc3c(c2)CNC3)n1.Cl. The van der Waals surface area contributed by atoms with E-state index in [-0.39, 0.29) is 18.3 Å². The Morgan fingerprint density at radius 3 is 2.90 bits per heavy atom. The van der Waals surface area contributed by atoms with Crippen molar-refractivity contribution in [3.8, 4) is 0 Å². The van der Waals surface area contributed by atoms with Crippen LogP contribution in [0.3, 0.4) is 0 Å². The van der Waals surface area contributed by atoms with Crippen molar-refractivity contribution in [2.75, 3.05) is 0 Å². The number of benzene rings is 1. The molecular weight excluding hydrogens is 288 g/mol. The van der Waals surface area contributed by atoms with E-state index in [1.165, 1.54) is 11.1 Å². The van der Waals surface area contributed by atoms with Crippen LogP contribution in [-0.4, -0.2) is 15.9 Å². The summed E-state index contributed by atoms with van der Waals surface area (Å²) in [6.45, 7) is 3.97. The average molecular weight is 305 g/mol. The monoisotopic (exact) mass is 304 g/mol. The zero-order chi connectivity index (χ0) is 13.9. The molecule has 2 N–H and O–H groups in total. The first kappa shape index (κ1) is 15.4. The van der Waals surface area contributed by atoms with E-state index in [4.69, 9.17) is 0 Å². The first-order valence-corrected chi connectivity index (χ1v) is 6.61. The number of carbonyl (C=O) groups is 1. The first-order valence-electron chi connectivity index (χ1n) is 6.61. The number of halogens is 1. The molecule has 1 amide bonds. The van der Waals surface area contributed by atoms with Crippen LogP contribution in [0.2, 0.25) is 0 Å². The third kappa shape index (κ3) is 3.56. The second kappa shape index (κ2) is 6.65. The van der Waals surface area contributed by atoms with Crippen molar-refractivity contribution in [2.24, 2.45) is 0 Å². The van der Waals surface area contributed by atoms with Crippen LogP contribution in [0.25, 0.3) is 0 Å². The summed E-state index contributed by atoms with van der Waals surface area (Å²) in [5.41, 5.74) is 3.98. The quantitative estimate of drug-likeness (QED) is 0.906. The smallest absolute Gasteiger partial charge is 0.251 e. The molecule has 2 heterocycles. The lowest BCUT2D eigenvalue weighted by Crippen LogP contribution is -2.23. The standard InChI is InChI=1S/C15H16N4O.ClH/c1-10-17-5-4-14(19-10)9-18-15(20)11-2-3-12-7-16-8-13(12)6-11;/h2-6,16H,7-9H2,1H3,(H,18,20);1H. The number of nitrogens with one attached hydrogen (secondary N) is 2. The average Bonchev–Trinajstić information content (AvgIpc) is 2.92. The lowest BCUT2D eigenvalue weighted by molar-refractivity contribution is 0.0950. The van der Waals surface area contributed by atoms with E-state index in [0.717, 1.165) is 18.8 Å². The summed E-state index contributed by atoms with van der Waals surface area (Å²) in [5.74, 6) is 0.635. The molecule has 6 heteroatoms. The van der Waals surface area contributed by atoms with Crippen LogP contribution in [0.5, 0.6) is 0 Å². The third-order valence-electron chi connectivity index (χ3n) is 3.36. The van der Waals surface area contributed by atoms with Gasteiger partial charge in [-0.3, -0.25) is 4.79 Å². The van der Waals surface area contributed by atoms with E-state index in [2.05, 4.69) is 20.6 Å². The maximum absolute atomic E-state index is 12.1. The van der Waals surface area contributed by atoms with Gasteiger partial charge in [-0.15, -0.1) is 12.4 Å². The zero-order valence-corrected chi connectivity index (χ0v) is 12.5. The molecule has 1 aliphatic heterocycles. The van der Waals surface area contributed by atoms with Crippen LogP contribution in [-0.2, 0) is 19.6 Å². The van der Waals surface area contributed by atoms with Gasteiger partial charge in [0.1, 0.15) is 5.82 Å². The molecule has 0 unspecified atom stereocenters. The van der Waals surface area contributed by atoms with Gasteiger partial charge in [-0.1, -0.05) is 6.07 Å². The minimum atomic E-state index is -0.0732. The van der Waals surface area contributed by atoms with E-state index in [1.54, 1.807) is 12.3 Å². The fraction of sp³-hybridized carbons (Fsp3) is 0.267. The highest BCUT2D eigenvalue weighted by atomic mass is 35.5. The zero-order valence-electron chi connectivity index (χ0n) is 11.7. The van der Waals surface area contributed by atoms with Gasteiger partial charge < -0.3 is 10.6 Å².